The number of piperazine rings is 1. The van der Waals surface area contributed by atoms with Crippen LogP contribution in [0, 0.1) is 0 Å². The molecule has 0 saturated carbocycles. The Bertz CT molecular complexity index is 1350. The molecule has 7 heteroatoms. The summed E-state index contributed by atoms with van der Waals surface area (Å²) in [4.78, 5) is 19.1. The van der Waals surface area contributed by atoms with Crippen LogP contribution in [0.25, 0.3) is 22.0 Å². The van der Waals surface area contributed by atoms with Crippen LogP contribution in [-0.2, 0) is 4.79 Å². The molecule has 7 nitrogen and oxygen atoms in total. The van der Waals surface area contributed by atoms with Gasteiger partial charge in [0.25, 0.3) is 5.91 Å². The van der Waals surface area contributed by atoms with Gasteiger partial charge >= 0.3 is 0 Å². The van der Waals surface area contributed by atoms with Crippen LogP contribution in [0.15, 0.2) is 78.9 Å². The van der Waals surface area contributed by atoms with Crippen LogP contribution < -0.4 is 14.5 Å². The van der Waals surface area contributed by atoms with Gasteiger partial charge in [-0.3, -0.25) is 4.79 Å². The topological polar surface area (TPSA) is 61.8 Å². The van der Waals surface area contributed by atoms with Gasteiger partial charge in [0.2, 0.25) is 0 Å². The van der Waals surface area contributed by atoms with Crippen LogP contribution in [0.3, 0.4) is 0 Å². The number of carbonyl (C=O) groups is 1. The lowest BCUT2D eigenvalue weighted by Crippen LogP contribution is -2.50. The molecule has 0 spiro atoms. The molecular weight excluding hydrogens is 462 g/mol. The predicted octanol–water partition coefficient (Wildman–Crippen LogP) is 4.87. The standard InChI is InChI=1S/C30H33N5O2/c1-3-33(4-2)26-10-7-11-27(21-26)37-22-30(36)35-18-16-34(17-19-35)29-15-14-28(31-32-29)25-13-12-23-8-5-6-9-24(23)20-25/h5-15,20-21H,3-4,16-19,22H2,1-2H3. The van der Waals surface area contributed by atoms with Gasteiger partial charge in [-0.1, -0.05) is 42.5 Å². The zero-order chi connectivity index (χ0) is 25.6. The third-order valence-corrected chi connectivity index (χ3v) is 6.96. The second-order valence-electron chi connectivity index (χ2n) is 9.16. The number of aromatic nitrogens is 2. The first-order valence-corrected chi connectivity index (χ1v) is 13.0. The van der Waals surface area contributed by atoms with Crippen LogP contribution >= 0.6 is 0 Å². The van der Waals surface area contributed by atoms with Gasteiger partial charge in [-0.15, -0.1) is 10.2 Å². The van der Waals surface area contributed by atoms with Gasteiger partial charge in [0.1, 0.15) is 5.75 Å². The molecule has 0 bridgehead atoms. The molecule has 5 rings (SSSR count). The summed E-state index contributed by atoms with van der Waals surface area (Å²) in [6.45, 7) is 8.86. The quantitative estimate of drug-likeness (QED) is 0.348. The molecule has 0 aliphatic carbocycles. The Balaban J connectivity index is 1.14. The predicted molar refractivity (Wildman–Crippen MR) is 149 cm³/mol. The Morgan fingerprint density at radius 3 is 2.35 bits per heavy atom. The first kappa shape index (κ1) is 24.6. The summed E-state index contributed by atoms with van der Waals surface area (Å²) in [5.41, 5.74) is 3.01. The van der Waals surface area contributed by atoms with Crippen LogP contribution in [0.1, 0.15) is 13.8 Å². The summed E-state index contributed by atoms with van der Waals surface area (Å²) >= 11 is 0. The number of nitrogens with zero attached hydrogens (tertiary/aromatic N) is 5. The number of carbonyl (C=O) groups excluding carboxylic acids is 1. The lowest BCUT2D eigenvalue weighted by molar-refractivity contribution is -0.133. The fraction of sp³-hybridized carbons (Fsp3) is 0.300. The number of fused-ring (bicyclic) bond motifs is 1. The molecule has 1 aliphatic rings. The molecule has 0 atom stereocenters. The average Bonchev–Trinajstić information content (AvgIpc) is 2.97. The molecule has 3 aromatic carbocycles. The Morgan fingerprint density at radius 2 is 1.62 bits per heavy atom. The van der Waals surface area contributed by atoms with Crippen molar-refractivity contribution in [2.45, 2.75) is 13.8 Å². The van der Waals surface area contributed by atoms with E-state index in [-0.39, 0.29) is 12.5 Å². The number of amides is 1. The van der Waals surface area contributed by atoms with Crippen LogP contribution in [0.5, 0.6) is 5.75 Å². The highest BCUT2D eigenvalue weighted by molar-refractivity contribution is 5.86. The van der Waals surface area contributed by atoms with Crippen molar-refractivity contribution in [2.75, 3.05) is 55.7 Å². The van der Waals surface area contributed by atoms with E-state index in [1.165, 1.54) is 10.8 Å². The third kappa shape index (κ3) is 5.66. The largest absolute Gasteiger partial charge is 0.484 e. The molecule has 190 valence electrons. The summed E-state index contributed by atoms with van der Waals surface area (Å²) < 4.78 is 5.84. The van der Waals surface area contributed by atoms with Crippen molar-refractivity contribution >= 4 is 28.2 Å². The fourth-order valence-corrected chi connectivity index (χ4v) is 4.78. The van der Waals surface area contributed by atoms with E-state index < -0.39 is 0 Å². The summed E-state index contributed by atoms with van der Waals surface area (Å²) in [5, 5.41) is 11.4. The number of anilines is 2. The van der Waals surface area contributed by atoms with E-state index in [2.05, 4.69) is 70.2 Å². The lowest BCUT2D eigenvalue weighted by Gasteiger charge is -2.35. The van der Waals surface area contributed by atoms with Crippen LogP contribution in [0.2, 0.25) is 0 Å². The Kier molecular flexibility index (Phi) is 7.49. The maximum Gasteiger partial charge on any atom is 0.260 e. The van der Waals surface area contributed by atoms with Gasteiger partial charge in [-0.05, 0) is 55.0 Å². The van der Waals surface area contributed by atoms with E-state index in [9.17, 15) is 4.79 Å². The number of benzene rings is 3. The van der Waals surface area contributed by atoms with Gasteiger partial charge < -0.3 is 19.4 Å². The number of hydrogen-bond donors (Lipinski definition) is 0. The maximum absolute atomic E-state index is 12.8. The number of hydrogen-bond acceptors (Lipinski definition) is 6. The van der Waals surface area contributed by atoms with Crippen molar-refractivity contribution in [3.63, 3.8) is 0 Å². The molecule has 1 aliphatic heterocycles. The van der Waals surface area contributed by atoms with Crippen molar-refractivity contribution < 1.29 is 9.53 Å². The first-order valence-electron chi connectivity index (χ1n) is 13.0. The molecule has 1 fully saturated rings. The molecule has 37 heavy (non-hydrogen) atoms. The zero-order valence-corrected chi connectivity index (χ0v) is 21.5. The maximum atomic E-state index is 12.8. The van der Waals surface area contributed by atoms with E-state index in [0.717, 1.165) is 41.6 Å². The van der Waals surface area contributed by atoms with Crippen molar-refractivity contribution in [3.05, 3.63) is 78.9 Å². The van der Waals surface area contributed by atoms with Gasteiger partial charge in [0, 0.05) is 56.6 Å². The Labute approximate surface area is 218 Å². The van der Waals surface area contributed by atoms with Crippen LogP contribution in [0.4, 0.5) is 11.5 Å². The molecule has 4 aromatic rings. The van der Waals surface area contributed by atoms with E-state index in [1.54, 1.807) is 0 Å². The van der Waals surface area contributed by atoms with Crippen molar-refractivity contribution in [2.24, 2.45) is 0 Å². The highest BCUT2D eigenvalue weighted by atomic mass is 16.5. The molecule has 0 N–H and O–H groups in total. The van der Waals surface area contributed by atoms with E-state index in [1.807, 2.05) is 47.4 Å². The second-order valence-corrected chi connectivity index (χ2v) is 9.16. The first-order chi connectivity index (χ1) is 18.1. The van der Waals surface area contributed by atoms with Gasteiger partial charge in [-0.2, -0.15) is 0 Å². The normalized spacial score (nSPS) is 13.6. The van der Waals surface area contributed by atoms with Gasteiger partial charge in [0.05, 0.1) is 5.69 Å². The molecule has 1 aromatic heterocycles. The minimum atomic E-state index is 0.00521. The van der Waals surface area contributed by atoms with E-state index in [4.69, 9.17) is 4.74 Å². The smallest absolute Gasteiger partial charge is 0.260 e. The molecular formula is C30H33N5O2. The monoisotopic (exact) mass is 495 g/mol. The molecule has 1 saturated heterocycles. The van der Waals surface area contributed by atoms with E-state index in [0.29, 0.717) is 26.2 Å². The van der Waals surface area contributed by atoms with Gasteiger partial charge in [0.15, 0.2) is 12.4 Å². The lowest BCUT2D eigenvalue weighted by atomic mass is 10.1. The minimum Gasteiger partial charge on any atom is -0.484 e. The third-order valence-electron chi connectivity index (χ3n) is 6.96. The van der Waals surface area contributed by atoms with Crippen molar-refractivity contribution in [1.82, 2.24) is 15.1 Å². The summed E-state index contributed by atoms with van der Waals surface area (Å²) in [6.07, 6.45) is 0. The second kappa shape index (κ2) is 11.3. The molecule has 0 unspecified atom stereocenters. The fourth-order valence-electron chi connectivity index (χ4n) is 4.78. The molecule has 0 radical (unpaired) electrons. The molecule has 2 heterocycles. The summed E-state index contributed by atoms with van der Waals surface area (Å²) in [5.74, 6) is 1.56. The zero-order valence-electron chi connectivity index (χ0n) is 21.5. The van der Waals surface area contributed by atoms with E-state index >= 15 is 0 Å². The van der Waals surface area contributed by atoms with Crippen molar-refractivity contribution in [3.8, 4) is 17.0 Å². The summed E-state index contributed by atoms with van der Waals surface area (Å²) in [7, 11) is 0. The van der Waals surface area contributed by atoms with Crippen LogP contribution in [-0.4, -0.2) is 66.9 Å². The highest BCUT2D eigenvalue weighted by Gasteiger charge is 2.22. The highest BCUT2D eigenvalue weighted by Crippen LogP contribution is 2.24. The molecule has 1 amide bonds. The number of rotatable bonds is 8. The average molecular weight is 496 g/mol. The van der Waals surface area contributed by atoms with Gasteiger partial charge in [-0.25, -0.2) is 0 Å². The Morgan fingerprint density at radius 1 is 0.838 bits per heavy atom. The Hall–Kier alpha value is -4.13. The summed E-state index contributed by atoms with van der Waals surface area (Å²) in [6, 6.07) is 26.6. The van der Waals surface area contributed by atoms with Crippen molar-refractivity contribution in [1.29, 1.82) is 0 Å². The minimum absolute atomic E-state index is 0.00521. The number of ether oxygens (including phenoxy) is 1. The SMILES string of the molecule is CCN(CC)c1cccc(OCC(=O)N2CCN(c3ccc(-c4ccc5ccccc5c4)nn3)CC2)c1.